The topological polar surface area (TPSA) is 49.4 Å². The highest BCUT2D eigenvalue weighted by Gasteiger charge is 2.35. The molecule has 2 aromatic carbocycles. The average Bonchev–Trinajstić information content (AvgIpc) is 2.79. The fourth-order valence-corrected chi connectivity index (χ4v) is 2.69. The predicted octanol–water partition coefficient (Wildman–Crippen LogP) is 1.31. The van der Waals surface area contributed by atoms with Crippen molar-refractivity contribution in [3.05, 3.63) is 70.6 Å². The molecule has 3 nitrogen and oxygen atoms in total. The smallest absolute Gasteiger partial charge is 0.245 e. The van der Waals surface area contributed by atoms with Crippen molar-refractivity contribution in [3.63, 3.8) is 0 Å². The van der Waals surface area contributed by atoms with Crippen LogP contribution in [0.3, 0.4) is 0 Å². The fraction of sp³-hybridized carbons (Fsp3) is 0.176. The predicted molar refractivity (Wildman–Crippen MR) is 75.0 cm³/mol. The van der Waals surface area contributed by atoms with Crippen LogP contribution in [0.5, 0.6) is 0 Å². The standard InChI is InChI=1S/C17H15O3/c18-17(20-19)12-14-8-4-5-9-15(14)16(17)11-10-13-6-2-1-3-7-13/h1-9,12,18H,10-11H2. The van der Waals surface area contributed by atoms with Crippen molar-refractivity contribution in [1.82, 2.24) is 0 Å². The molecule has 2 aromatic rings. The molecular weight excluding hydrogens is 252 g/mol. The number of hydrogen-bond donors (Lipinski definition) is 1. The zero-order valence-electron chi connectivity index (χ0n) is 11.0. The number of fused-ring (bicyclic) bond motifs is 1. The molecule has 0 saturated heterocycles. The van der Waals surface area contributed by atoms with Crippen molar-refractivity contribution in [2.45, 2.75) is 18.6 Å². The van der Waals surface area contributed by atoms with Gasteiger partial charge in [-0.2, -0.15) is 4.89 Å². The van der Waals surface area contributed by atoms with Gasteiger partial charge in [0.05, 0.1) is 0 Å². The molecule has 0 saturated carbocycles. The van der Waals surface area contributed by atoms with Crippen LogP contribution in [0, 0.1) is 0 Å². The Hall–Kier alpha value is -1.94. The summed E-state index contributed by atoms with van der Waals surface area (Å²) in [6.07, 6.45) is 2.82. The van der Waals surface area contributed by atoms with Crippen LogP contribution in [0.2, 0.25) is 0 Å². The maximum absolute atomic E-state index is 10.9. The summed E-state index contributed by atoms with van der Waals surface area (Å²) >= 11 is 0. The van der Waals surface area contributed by atoms with Gasteiger partial charge in [-0.25, -0.2) is 0 Å². The number of rotatable bonds is 4. The minimum atomic E-state index is -1.82. The Morgan fingerprint density at radius 2 is 1.65 bits per heavy atom. The summed E-state index contributed by atoms with van der Waals surface area (Å²) in [5.41, 5.74) is 1.80. The molecule has 1 aliphatic carbocycles. The first-order valence-electron chi connectivity index (χ1n) is 6.62. The molecule has 1 N–H and O–H groups in total. The molecule has 0 heterocycles. The first-order chi connectivity index (χ1) is 9.73. The Balaban J connectivity index is 1.96. The van der Waals surface area contributed by atoms with Gasteiger partial charge in [-0.15, -0.1) is 0 Å². The lowest BCUT2D eigenvalue weighted by atomic mass is 9.99. The summed E-state index contributed by atoms with van der Waals surface area (Å²) < 4.78 is 0. The summed E-state index contributed by atoms with van der Waals surface area (Å²) in [5.74, 6) is -1.82. The highest BCUT2D eigenvalue weighted by atomic mass is 17.1. The highest BCUT2D eigenvalue weighted by molar-refractivity contribution is 5.68. The van der Waals surface area contributed by atoms with Gasteiger partial charge >= 0.3 is 0 Å². The van der Waals surface area contributed by atoms with Crippen molar-refractivity contribution >= 4 is 11.6 Å². The lowest BCUT2D eigenvalue weighted by Crippen LogP contribution is -2.29. The van der Waals surface area contributed by atoms with Crippen molar-refractivity contribution in [2.75, 3.05) is 0 Å². The normalized spacial score (nSPS) is 20.6. The highest BCUT2D eigenvalue weighted by Crippen LogP contribution is 2.26. The maximum Gasteiger partial charge on any atom is 0.245 e. The third-order valence-corrected chi connectivity index (χ3v) is 3.70. The molecule has 0 aromatic heterocycles. The summed E-state index contributed by atoms with van der Waals surface area (Å²) in [6.45, 7) is 0. The van der Waals surface area contributed by atoms with Crippen LogP contribution in [-0.4, -0.2) is 10.9 Å². The Bertz CT molecular complexity index is 721. The average molecular weight is 267 g/mol. The zero-order chi connectivity index (χ0) is 14.0. The van der Waals surface area contributed by atoms with Gasteiger partial charge < -0.3 is 5.11 Å². The molecule has 20 heavy (non-hydrogen) atoms. The quantitative estimate of drug-likeness (QED) is 0.516. The van der Waals surface area contributed by atoms with Gasteiger partial charge in [-0.3, -0.25) is 0 Å². The molecule has 0 bridgehead atoms. The second-order valence-electron chi connectivity index (χ2n) is 4.98. The molecule has 1 aliphatic rings. The second kappa shape index (κ2) is 5.21. The lowest BCUT2D eigenvalue weighted by molar-refractivity contribution is -0.388. The van der Waals surface area contributed by atoms with Crippen LogP contribution in [0.1, 0.15) is 12.0 Å². The first kappa shape index (κ1) is 13.1. The molecule has 3 heteroatoms. The van der Waals surface area contributed by atoms with Gasteiger partial charge in [-0.05, 0) is 40.2 Å². The fourth-order valence-electron chi connectivity index (χ4n) is 2.69. The van der Waals surface area contributed by atoms with E-state index in [-0.39, 0.29) is 0 Å². The van der Waals surface area contributed by atoms with E-state index in [1.54, 1.807) is 0 Å². The number of hydrogen-bond acceptors (Lipinski definition) is 2. The van der Waals surface area contributed by atoms with E-state index in [1.165, 1.54) is 6.08 Å². The van der Waals surface area contributed by atoms with Crippen molar-refractivity contribution < 1.29 is 15.3 Å². The van der Waals surface area contributed by atoms with Crippen LogP contribution in [0.15, 0.2) is 54.6 Å². The van der Waals surface area contributed by atoms with Crippen LogP contribution < -0.4 is 10.4 Å². The van der Waals surface area contributed by atoms with Crippen LogP contribution in [-0.2, 0) is 16.6 Å². The maximum atomic E-state index is 10.9. The van der Waals surface area contributed by atoms with E-state index in [0.29, 0.717) is 12.0 Å². The molecule has 0 fully saturated rings. The molecule has 3 rings (SSSR count). The zero-order valence-corrected chi connectivity index (χ0v) is 11.0. The third-order valence-electron chi connectivity index (χ3n) is 3.70. The van der Waals surface area contributed by atoms with Crippen molar-refractivity contribution in [2.24, 2.45) is 0 Å². The number of benzene rings is 2. The molecule has 1 atom stereocenters. The summed E-state index contributed by atoms with van der Waals surface area (Å²) in [5, 5.41) is 23.0. The minimum absolute atomic E-state index is 0.580. The van der Waals surface area contributed by atoms with E-state index in [0.717, 1.165) is 22.4 Å². The van der Waals surface area contributed by atoms with Crippen LogP contribution in [0.25, 0.3) is 11.6 Å². The van der Waals surface area contributed by atoms with E-state index >= 15 is 0 Å². The molecular formula is C17H15O3. The Morgan fingerprint density at radius 3 is 2.40 bits per heavy atom. The van der Waals surface area contributed by atoms with E-state index in [2.05, 4.69) is 4.89 Å². The molecule has 0 amide bonds. The number of aryl methyl sites for hydroxylation is 1. The van der Waals surface area contributed by atoms with Gasteiger partial charge in [0.2, 0.25) is 5.79 Å². The van der Waals surface area contributed by atoms with E-state index in [4.69, 9.17) is 0 Å². The Morgan fingerprint density at radius 1 is 0.950 bits per heavy atom. The molecule has 1 radical (unpaired) electrons. The van der Waals surface area contributed by atoms with E-state index < -0.39 is 5.79 Å². The van der Waals surface area contributed by atoms with Crippen molar-refractivity contribution in [1.29, 1.82) is 0 Å². The monoisotopic (exact) mass is 267 g/mol. The van der Waals surface area contributed by atoms with Crippen LogP contribution >= 0.6 is 0 Å². The SMILES string of the molecule is [O]OC1(O)C=c2ccccc2=C1CCc1ccccc1. The first-order valence-corrected chi connectivity index (χ1v) is 6.62. The minimum Gasteiger partial charge on any atom is -0.357 e. The molecule has 0 aliphatic heterocycles. The van der Waals surface area contributed by atoms with Gasteiger partial charge in [0.15, 0.2) is 0 Å². The Kier molecular flexibility index (Phi) is 3.40. The Labute approximate surface area is 117 Å². The van der Waals surface area contributed by atoms with Gasteiger partial charge in [0.25, 0.3) is 0 Å². The lowest BCUT2D eigenvalue weighted by Gasteiger charge is -2.19. The third kappa shape index (κ3) is 2.27. The summed E-state index contributed by atoms with van der Waals surface area (Å²) in [6, 6.07) is 17.5. The van der Waals surface area contributed by atoms with Gasteiger partial charge in [0, 0.05) is 5.57 Å². The van der Waals surface area contributed by atoms with Gasteiger partial charge in [0.1, 0.15) is 0 Å². The van der Waals surface area contributed by atoms with E-state index in [1.807, 2.05) is 54.6 Å². The summed E-state index contributed by atoms with van der Waals surface area (Å²) in [4.78, 5) is 4.10. The molecule has 1 unspecified atom stereocenters. The summed E-state index contributed by atoms with van der Waals surface area (Å²) in [7, 11) is 0. The van der Waals surface area contributed by atoms with E-state index in [9.17, 15) is 10.4 Å². The van der Waals surface area contributed by atoms with Crippen molar-refractivity contribution in [3.8, 4) is 0 Å². The molecule has 0 spiro atoms. The van der Waals surface area contributed by atoms with Gasteiger partial charge in [-0.1, -0.05) is 54.6 Å². The number of aliphatic hydroxyl groups is 1. The van der Waals surface area contributed by atoms with Crippen LogP contribution in [0.4, 0.5) is 0 Å². The largest absolute Gasteiger partial charge is 0.357 e. The molecule has 101 valence electrons. The second-order valence-corrected chi connectivity index (χ2v) is 4.98.